The van der Waals surface area contributed by atoms with Crippen LogP contribution in [0.4, 0.5) is 4.39 Å². The van der Waals surface area contributed by atoms with E-state index < -0.39 is 17.2 Å². The zero-order valence-electron chi connectivity index (χ0n) is 19.7. The van der Waals surface area contributed by atoms with Gasteiger partial charge in [0.2, 0.25) is 0 Å². The highest BCUT2D eigenvalue weighted by Crippen LogP contribution is 2.44. The molecule has 186 valence electrons. The Labute approximate surface area is 217 Å². The van der Waals surface area contributed by atoms with E-state index in [9.17, 15) is 18.8 Å². The quantitative estimate of drug-likeness (QED) is 0.261. The SMILES string of the molecule is O=C(Cn1cc(C(=O)N2CCC3(CC2)OC(=O)c2ccccc23)c2ccc(Cl)cc21)c1ccccc1F. The van der Waals surface area contributed by atoms with Crippen molar-refractivity contribution in [3.05, 3.63) is 106 Å². The predicted molar refractivity (Wildman–Crippen MR) is 136 cm³/mol. The molecule has 37 heavy (non-hydrogen) atoms. The lowest BCUT2D eigenvalue weighted by atomic mass is 9.83. The van der Waals surface area contributed by atoms with Crippen molar-refractivity contribution < 1.29 is 23.5 Å². The zero-order valence-corrected chi connectivity index (χ0v) is 20.5. The zero-order chi connectivity index (χ0) is 25.7. The third-order valence-corrected chi connectivity index (χ3v) is 7.58. The number of amides is 1. The van der Waals surface area contributed by atoms with E-state index in [1.54, 1.807) is 46.0 Å². The van der Waals surface area contributed by atoms with Crippen LogP contribution >= 0.6 is 11.6 Å². The van der Waals surface area contributed by atoms with E-state index >= 15 is 0 Å². The predicted octanol–water partition coefficient (Wildman–Crippen LogP) is 5.62. The number of benzene rings is 3. The Morgan fingerprint density at radius 3 is 2.49 bits per heavy atom. The van der Waals surface area contributed by atoms with Gasteiger partial charge in [-0.25, -0.2) is 9.18 Å². The van der Waals surface area contributed by atoms with Crippen LogP contribution in [0.3, 0.4) is 0 Å². The molecule has 8 heteroatoms. The third-order valence-electron chi connectivity index (χ3n) is 7.35. The molecule has 2 aliphatic rings. The lowest BCUT2D eigenvalue weighted by molar-refractivity contribution is -0.0389. The summed E-state index contributed by atoms with van der Waals surface area (Å²) in [6.45, 7) is 0.685. The van der Waals surface area contributed by atoms with Crippen molar-refractivity contribution >= 4 is 40.2 Å². The number of fused-ring (bicyclic) bond motifs is 3. The minimum Gasteiger partial charge on any atom is -0.450 e. The molecule has 2 aliphatic heterocycles. The Hall–Kier alpha value is -3.97. The minimum absolute atomic E-state index is 0.00743. The maximum Gasteiger partial charge on any atom is 0.339 e. The van der Waals surface area contributed by atoms with Crippen LogP contribution in [0.2, 0.25) is 5.02 Å². The van der Waals surface area contributed by atoms with Crippen LogP contribution in [0.1, 0.15) is 49.5 Å². The molecule has 0 saturated carbocycles. The van der Waals surface area contributed by atoms with Crippen molar-refractivity contribution in [1.29, 1.82) is 0 Å². The summed E-state index contributed by atoms with van der Waals surface area (Å²) in [6, 6.07) is 18.4. The molecular formula is C29H22ClFN2O4. The standard InChI is InChI=1S/C29H22ClFN2O4/c30-18-9-10-19-22(16-33(25(19)15-18)17-26(34)21-6-2-4-8-24(21)31)27(35)32-13-11-29(12-14-32)23-7-3-1-5-20(23)28(36)37-29/h1-10,15-16H,11-14,17H2. The summed E-state index contributed by atoms with van der Waals surface area (Å²) in [4.78, 5) is 40.7. The molecule has 1 saturated heterocycles. The molecule has 0 aliphatic carbocycles. The molecule has 1 aromatic heterocycles. The number of aromatic nitrogens is 1. The van der Waals surface area contributed by atoms with Crippen LogP contribution in [-0.4, -0.2) is 40.2 Å². The Kier molecular flexibility index (Phi) is 5.60. The van der Waals surface area contributed by atoms with Gasteiger partial charge in [0.25, 0.3) is 5.91 Å². The highest BCUT2D eigenvalue weighted by atomic mass is 35.5. The van der Waals surface area contributed by atoms with Crippen LogP contribution in [-0.2, 0) is 16.9 Å². The highest BCUT2D eigenvalue weighted by molar-refractivity contribution is 6.31. The van der Waals surface area contributed by atoms with Gasteiger partial charge in [0.1, 0.15) is 11.4 Å². The molecule has 1 amide bonds. The summed E-state index contributed by atoms with van der Waals surface area (Å²) in [6.07, 6.45) is 2.63. The van der Waals surface area contributed by atoms with Gasteiger partial charge in [0, 0.05) is 48.1 Å². The maximum absolute atomic E-state index is 14.2. The van der Waals surface area contributed by atoms with E-state index in [2.05, 4.69) is 0 Å². The van der Waals surface area contributed by atoms with Gasteiger partial charge < -0.3 is 14.2 Å². The summed E-state index contributed by atoms with van der Waals surface area (Å²) < 4.78 is 21.7. The van der Waals surface area contributed by atoms with Crippen LogP contribution in [0.25, 0.3) is 10.9 Å². The topological polar surface area (TPSA) is 68.6 Å². The third kappa shape index (κ3) is 3.90. The first-order chi connectivity index (χ1) is 17.9. The number of hydrogen-bond acceptors (Lipinski definition) is 4. The first-order valence-corrected chi connectivity index (χ1v) is 12.4. The second-order valence-electron chi connectivity index (χ2n) is 9.46. The van der Waals surface area contributed by atoms with Crippen molar-refractivity contribution in [3.63, 3.8) is 0 Å². The van der Waals surface area contributed by atoms with E-state index in [4.69, 9.17) is 16.3 Å². The molecule has 0 bridgehead atoms. The molecule has 0 radical (unpaired) electrons. The number of rotatable bonds is 4. The number of piperidine rings is 1. The largest absolute Gasteiger partial charge is 0.450 e. The molecule has 3 aromatic carbocycles. The number of carbonyl (C=O) groups is 3. The van der Waals surface area contributed by atoms with Gasteiger partial charge in [0.15, 0.2) is 5.78 Å². The van der Waals surface area contributed by atoms with Crippen LogP contribution in [0.15, 0.2) is 72.9 Å². The van der Waals surface area contributed by atoms with Crippen molar-refractivity contribution in [2.75, 3.05) is 13.1 Å². The molecule has 4 aromatic rings. The lowest BCUT2D eigenvalue weighted by Gasteiger charge is -2.38. The molecule has 1 spiro atoms. The molecule has 0 N–H and O–H groups in total. The normalized spacial score (nSPS) is 16.2. The van der Waals surface area contributed by atoms with E-state index in [0.29, 0.717) is 53.0 Å². The lowest BCUT2D eigenvalue weighted by Crippen LogP contribution is -2.45. The van der Waals surface area contributed by atoms with Gasteiger partial charge in [-0.2, -0.15) is 0 Å². The fraction of sp³-hybridized carbons (Fsp3) is 0.207. The fourth-order valence-corrected chi connectivity index (χ4v) is 5.62. The number of halogens is 2. The van der Waals surface area contributed by atoms with Gasteiger partial charge in [-0.1, -0.05) is 48.0 Å². The van der Waals surface area contributed by atoms with Crippen LogP contribution in [0.5, 0.6) is 0 Å². The molecule has 3 heterocycles. The summed E-state index contributed by atoms with van der Waals surface area (Å²) in [5.41, 5.74) is 1.80. The second kappa shape index (κ2) is 8.85. The smallest absolute Gasteiger partial charge is 0.339 e. The Morgan fingerprint density at radius 1 is 0.973 bits per heavy atom. The fourth-order valence-electron chi connectivity index (χ4n) is 5.45. The summed E-state index contributed by atoms with van der Waals surface area (Å²) >= 11 is 6.23. The number of Topliss-reactive ketones (excluding diaryl/α,β-unsaturated/α-hetero) is 1. The number of hydrogen-bond donors (Lipinski definition) is 0. The minimum atomic E-state index is -0.710. The number of likely N-dealkylation sites (tertiary alicyclic amines) is 1. The Balaban J connectivity index is 1.28. The molecule has 0 atom stereocenters. The second-order valence-corrected chi connectivity index (χ2v) is 9.89. The summed E-state index contributed by atoms with van der Waals surface area (Å²) in [7, 11) is 0. The molecule has 1 fully saturated rings. The number of carbonyl (C=O) groups excluding carboxylic acids is 3. The van der Waals surface area contributed by atoms with E-state index in [-0.39, 0.29) is 24.0 Å². The summed E-state index contributed by atoms with van der Waals surface area (Å²) in [5, 5.41) is 1.12. The number of nitrogens with zero attached hydrogens (tertiary/aromatic N) is 2. The van der Waals surface area contributed by atoms with Crippen LogP contribution in [0, 0.1) is 5.82 Å². The first kappa shape index (κ1) is 23.4. The van der Waals surface area contributed by atoms with E-state index in [0.717, 1.165) is 5.56 Å². The van der Waals surface area contributed by atoms with Gasteiger partial charge in [-0.05, 0) is 30.3 Å². The van der Waals surface area contributed by atoms with Gasteiger partial charge >= 0.3 is 5.97 Å². The Bertz CT molecular complexity index is 1590. The molecule has 6 rings (SSSR count). The maximum atomic E-state index is 14.2. The average Bonchev–Trinajstić information content (AvgIpc) is 3.39. The number of esters is 1. The van der Waals surface area contributed by atoms with E-state index in [1.165, 1.54) is 18.2 Å². The average molecular weight is 517 g/mol. The molecular weight excluding hydrogens is 495 g/mol. The van der Waals surface area contributed by atoms with Crippen molar-refractivity contribution in [3.8, 4) is 0 Å². The first-order valence-electron chi connectivity index (χ1n) is 12.0. The van der Waals surface area contributed by atoms with Gasteiger partial charge in [-0.3, -0.25) is 9.59 Å². The van der Waals surface area contributed by atoms with Crippen molar-refractivity contribution in [1.82, 2.24) is 9.47 Å². The molecule has 6 nitrogen and oxygen atoms in total. The van der Waals surface area contributed by atoms with Gasteiger partial charge in [-0.15, -0.1) is 0 Å². The van der Waals surface area contributed by atoms with E-state index in [1.807, 2.05) is 18.2 Å². The number of ketones is 1. The van der Waals surface area contributed by atoms with Crippen molar-refractivity contribution in [2.24, 2.45) is 0 Å². The highest BCUT2D eigenvalue weighted by Gasteiger charge is 2.47. The monoisotopic (exact) mass is 516 g/mol. The van der Waals surface area contributed by atoms with Crippen LogP contribution < -0.4 is 0 Å². The van der Waals surface area contributed by atoms with Gasteiger partial charge in [0.05, 0.1) is 28.8 Å². The number of ether oxygens (including phenoxy) is 1. The summed E-state index contributed by atoms with van der Waals surface area (Å²) in [5.74, 6) is -1.50. The van der Waals surface area contributed by atoms with Crippen molar-refractivity contribution in [2.45, 2.75) is 25.0 Å². The Morgan fingerprint density at radius 2 is 1.70 bits per heavy atom. The molecule has 0 unspecified atom stereocenters.